The molecule has 4 aromatic rings. The smallest absolute Gasteiger partial charge is 0.438 e. The number of oxazole rings is 1. The quantitative estimate of drug-likeness (QED) is 0.266. The Bertz CT molecular complexity index is 2180. The number of anilines is 2. The number of carbonyl (C=O) groups is 4. The van der Waals surface area contributed by atoms with Gasteiger partial charge in [-0.25, -0.2) is 14.6 Å². The van der Waals surface area contributed by atoms with Gasteiger partial charge in [0.15, 0.2) is 17.1 Å². The van der Waals surface area contributed by atoms with E-state index in [4.69, 9.17) is 58.2 Å². The topological polar surface area (TPSA) is 193 Å². The molecular formula is C37H39Cl3N8O10. The molecule has 4 aliphatic heterocycles. The molecule has 4 aliphatic rings. The van der Waals surface area contributed by atoms with Crippen LogP contribution in [0, 0.1) is 0 Å². The van der Waals surface area contributed by atoms with Gasteiger partial charge in [-0.1, -0.05) is 23.2 Å². The number of rotatable bonds is 7. The number of hydrogen-bond donors (Lipinski definition) is 1. The SMILES string of the molecule is COc1cc(N2CCN(C(=O)CCl)CC2)ccc1Cl.COc1cc(N2CCN(C(=O)CN3C(=O)COC4OC(=O)N=C43)CC2)ccc1Cl.O=c1[nH]c2ncccc2o1. The van der Waals surface area contributed by atoms with Crippen LogP contribution in [0.5, 0.6) is 11.5 Å². The standard InChI is InChI=1S/C18H19ClN4O6.C13H16Cl2N2O2.C6H4N2O2/c1-27-13-8-11(2-3-12(13)19)21-4-6-22(7-5-21)14(24)9-23-15(25)10-28-17-16(23)20-18(26)29-17;1-19-12-8-10(2-3-11(12)15)16-4-6-17(7-5-16)13(18)9-14;9-6-8-5-4(10-6)2-1-3-7-5/h2-3,8,17H,4-7,9-10H2,1H3;2-3,8H,4-7,9H2,1H3;1-3H,(H,7,8,9). The van der Waals surface area contributed by atoms with Crippen LogP contribution < -0.4 is 25.0 Å². The number of aromatic amines is 1. The zero-order chi connectivity index (χ0) is 41.3. The van der Waals surface area contributed by atoms with E-state index in [1.165, 1.54) is 0 Å². The third kappa shape index (κ3) is 10.1. The van der Waals surface area contributed by atoms with Crippen molar-refractivity contribution in [2.24, 2.45) is 4.99 Å². The third-order valence-corrected chi connectivity index (χ3v) is 10.3. The van der Waals surface area contributed by atoms with E-state index in [9.17, 15) is 24.0 Å². The van der Waals surface area contributed by atoms with Crippen molar-refractivity contribution in [2.75, 3.05) is 95.4 Å². The lowest BCUT2D eigenvalue weighted by atomic mass is 10.2. The van der Waals surface area contributed by atoms with Gasteiger partial charge in [0.25, 0.3) is 12.2 Å². The Labute approximate surface area is 346 Å². The molecule has 1 N–H and O–H groups in total. The van der Waals surface area contributed by atoms with Crippen molar-refractivity contribution in [1.82, 2.24) is 24.7 Å². The lowest BCUT2D eigenvalue weighted by Gasteiger charge is -2.37. The van der Waals surface area contributed by atoms with Crippen LogP contribution in [0.2, 0.25) is 10.0 Å². The van der Waals surface area contributed by atoms with E-state index in [0.717, 1.165) is 29.4 Å². The maximum atomic E-state index is 12.7. The number of fused-ring (bicyclic) bond motifs is 2. The van der Waals surface area contributed by atoms with E-state index in [1.54, 1.807) is 48.4 Å². The van der Waals surface area contributed by atoms with E-state index < -0.39 is 24.0 Å². The molecule has 0 bridgehead atoms. The number of hydrogen-bond acceptors (Lipinski definition) is 13. The molecule has 308 valence electrons. The average Bonchev–Trinajstić information content (AvgIpc) is 3.83. The monoisotopic (exact) mass is 860 g/mol. The zero-order valence-electron chi connectivity index (χ0n) is 31.4. The summed E-state index contributed by atoms with van der Waals surface area (Å²) in [5.41, 5.74) is 3.00. The third-order valence-electron chi connectivity index (χ3n) is 9.43. The van der Waals surface area contributed by atoms with Gasteiger partial charge < -0.3 is 43.0 Å². The van der Waals surface area contributed by atoms with Crippen LogP contribution in [0.25, 0.3) is 11.2 Å². The first-order valence-electron chi connectivity index (χ1n) is 17.9. The summed E-state index contributed by atoms with van der Waals surface area (Å²) in [7, 11) is 3.16. The number of amidine groups is 1. The number of amides is 4. The van der Waals surface area contributed by atoms with Crippen LogP contribution in [0.15, 0.2) is 68.9 Å². The molecule has 2 aromatic heterocycles. The minimum absolute atomic E-state index is 0.00463. The number of nitrogens with one attached hydrogen (secondary N) is 1. The number of ether oxygens (including phenoxy) is 4. The number of pyridine rings is 1. The lowest BCUT2D eigenvalue weighted by molar-refractivity contribution is -0.150. The van der Waals surface area contributed by atoms with E-state index in [1.807, 2.05) is 30.3 Å². The van der Waals surface area contributed by atoms with Gasteiger partial charge in [0, 0.05) is 82.1 Å². The second-order valence-corrected chi connectivity index (χ2v) is 13.9. The summed E-state index contributed by atoms with van der Waals surface area (Å²) in [6.45, 7) is 4.71. The van der Waals surface area contributed by atoms with Crippen molar-refractivity contribution in [1.29, 1.82) is 0 Å². The number of halogens is 3. The van der Waals surface area contributed by atoms with Crippen LogP contribution in [0.3, 0.4) is 0 Å². The van der Waals surface area contributed by atoms with Crippen molar-refractivity contribution >= 4 is 87.1 Å². The molecule has 3 saturated heterocycles. The minimum atomic E-state index is -1.02. The number of morpholine rings is 1. The van der Waals surface area contributed by atoms with Gasteiger partial charge in [-0.15, -0.1) is 11.6 Å². The van der Waals surface area contributed by atoms with E-state index >= 15 is 0 Å². The lowest BCUT2D eigenvalue weighted by Crippen LogP contribution is -2.56. The Hall–Kier alpha value is -5.56. The Morgan fingerprint density at radius 3 is 1.93 bits per heavy atom. The number of aliphatic imine (C=N–C) groups is 1. The first kappa shape index (κ1) is 42.1. The molecule has 6 heterocycles. The molecule has 2 aromatic carbocycles. The van der Waals surface area contributed by atoms with Crippen molar-refractivity contribution in [3.05, 3.63) is 75.3 Å². The Balaban J connectivity index is 0.000000166. The van der Waals surface area contributed by atoms with Crippen molar-refractivity contribution < 1.29 is 42.5 Å². The highest BCUT2D eigenvalue weighted by atomic mass is 35.5. The van der Waals surface area contributed by atoms with Gasteiger partial charge >= 0.3 is 11.8 Å². The Morgan fingerprint density at radius 1 is 0.828 bits per heavy atom. The predicted octanol–water partition coefficient (Wildman–Crippen LogP) is 3.48. The highest BCUT2D eigenvalue weighted by Gasteiger charge is 2.42. The number of H-pyrrole nitrogens is 1. The molecular weight excluding hydrogens is 823 g/mol. The molecule has 58 heavy (non-hydrogen) atoms. The molecule has 0 radical (unpaired) electrons. The van der Waals surface area contributed by atoms with Crippen molar-refractivity contribution in [3.63, 3.8) is 0 Å². The highest BCUT2D eigenvalue weighted by Crippen LogP contribution is 2.31. The second kappa shape index (κ2) is 19.3. The summed E-state index contributed by atoms with van der Waals surface area (Å²) in [4.78, 5) is 77.1. The van der Waals surface area contributed by atoms with Crippen LogP contribution in [0.1, 0.15) is 0 Å². The number of methoxy groups -OCH3 is 2. The molecule has 4 amide bonds. The first-order valence-corrected chi connectivity index (χ1v) is 19.2. The largest absolute Gasteiger partial charge is 0.495 e. The fourth-order valence-corrected chi connectivity index (χ4v) is 6.92. The molecule has 3 fully saturated rings. The summed E-state index contributed by atoms with van der Waals surface area (Å²) in [6.07, 6.45) is -0.262. The fourth-order valence-electron chi connectivity index (χ4n) is 6.36. The van der Waals surface area contributed by atoms with Gasteiger partial charge in [-0.05, 0) is 36.4 Å². The maximum Gasteiger partial charge on any atom is 0.438 e. The van der Waals surface area contributed by atoms with Gasteiger partial charge in [-0.3, -0.25) is 24.3 Å². The summed E-state index contributed by atoms with van der Waals surface area (Å²) < 4.78 is 25.1. The van der Waals surface area contributed by atoms with Gasteiger partial charge in [0.2, 0.25) is 11.8 Å². The van der Waals surface area contributed by atoms with Crippen LogP contribution >= 0.6 is 34.8 Å². The highest BCUT2D eigenvalue weighted by molar-refractivity contribution is 6.32. The van der Waals surface area contributed by atoms with Crippen LogP contribution in [0.4, 0.5) is 16.2 Å². The summed E-state index contributed by atoms with van der Waals surface area (Å²) in [5.74, 6) is 0.216. The molecule has 0 saturated carbocycles. The predicted molar refractivity (Wildman–Crippen MR) is 214 cm³/mol. The number of piperazine rings is 2. The van der Waals surface area contributed by atoms with Crippen molar-refractivity contribution in [3.8, 4) is 11.5 Å². The Kier molecular flexibility index (Phi) is 14.0. The molecule has 8 rings (SSSR count). The maximum absolute atomic E-state index is 12.7. The summed E-state index contributed by atoms with van der Waals surface area (Å²) in [5, 5.41) is 1.14. The first-order chi connectivity index (χ1) is 28.0. The van der Waals surface area contributed by atoms with Crippen LogP contribution in [-0.2, 0) is 23.9 Å². The molecule has 1 unspecified atom stereocenters. The number of carbonyl (C=O) groups excluding carboxylic acids is 4. The average molecular weight is 862 g/mol. The molecule has 21 heteroatoms. The van der Waals surface area contributed by atoms with Gasteiger partial charge in [0.1, 0.15) is 30.5 Å². The molecule has 18 nitrogen and oxygen atoms in total. The normalized spacial score (nSPS) is 17.7. The van der Waals surface area contributed by atoms with Gasteiger partial charge in [0.05, 0.1) is 24.3 Å². The second-order valence-electron chi connectivity index (χ2n) is 12.8. The van der Waals surface area contributed by atoms with Crippen LogP contribution in [-0.4, -0.2) is 146 Å². The van der Waals surface area contributed by atoms with E-state index in [2.05, 4.69) is 24.8 Å². The molecule has 1 atom stereocenters. The Morgan fingerprint density at radius 2 is 1.40 bits per heavy atom. The molecule has 0 aliphatic carbocycles. The van der Waals surface area contributed by atoms with E-state index in [-0.39, 0.29) is 36.7 Å². The van der Waals surface area contributed by atoms with E-state index in [0.29, 0.717) is 72.0 Å². The number of alkyl halides is 1. The number of aromatic nitrogens is 2. The number of nitrogens with zero attached hydrogens (tertiary/aromatic N) is 7. The molecule has 0 spiro atoms. The minimum Gasteiger partial charge on any atom is -0.495 e. The van der Waals surface area contributed by atoms with Crippen molar-refractivity contribution in [2.45, 2.75) is 6.29 Å². The van der Waals surface area contributed by atoms with Gasteiger partial charge in [-0.2, -0.15) is 4.99 Å². The summed E-state index contributed by atoms with van der Waals surface area (Å²) >= 11 is 17.6. The number of benzene rings is 2. The zero-order valence-corrected chi connectivity index (χ0v) is 33.7. The summed E-state index contributed by atoms with van der Waals surface area (Å²) in [6, 6.07) is 14.6. The fraction of sp³-hybridized carbons (Fsp3) is 0.378.